The van der Waals surface area contributed by atoms with Crippen LogP contribution in [-0.4, -0.2) is 19.6 Å². The number of carbonyl (C=O) groups is 1. The van der Waals surface area contributed by atoms with E-state index in [-0.39, 0.29) is 6.54 Å². The fourth-order valence-electron chi connectivity index (χ4n) is 2.16. The predicted octanol–water partition coefficient (Wildman–Crippen LogP) is 3.69. The van der Waals surface area contributed by atoms with Gasteiger partial charge in [-0.15, -0.1) is 0 Å². The molecule has 0 N–H and O–H groups in total. The third-order valence-corrected chi connectivity index (χ3v) is 3.11. The van der Waals surface area contributed by atoms with Crippen molar-refractivity contribution in [2.45, 2.75) is 0 Å². The number of hydrogen-bond acceptors (Lipinski definition) is 2. The zero-order valence-electron chi connectivity index (χ0n) is 11.7. The predicted molar refractivity (Wildman–Crippen MR) is 83.2 cm³/mol. The second-order valence-electron chi connectivity index (χ2n) is 4.39. The molecule has 3 heteroatoms. The molecule has 2 rings (SSSR count). The molecular weight excluding hydrogens is 262 g/mol. The van der Waals surface area contributed by atoms with Gasteiger partial charge < -0.3 is 9.58 Å². The van der Waals surface area contributed by atoms with E-state index in [1.54, 1.807) is 0 Å². The first kappa shape index (κ1) is 14.5. The van der Waals surface area contributed by atoms with Gasteiger partial charge in [-0.3, -0.25) is 0 Å². The summed E-state index contributed by atoms with van der Waals surface area (Å²) >= 11 is 0. The molecule has 21 heavy (non-hydrogen) atoms. The Labute approximate surface area is 124 Å². The number of methoxy groups -OCH3 is 1. The maximum absolute atomic E-state index is 12.2. The first-order valence-corrected chi connectivity index (χ1v) is 6.53. The number of ether oxygens (including phenoxy) is 1. The summed E-state index contributed by atoms with van der Waals surface area (Å²) in [6.07, 6.45) is 0. The number of hydrogen-bond donors (Lipinski definition) is 0. The van der Waals surface area contributed by atoms with Crippen LogP contribution < -0.4 is 0 Å². The van der Waals surface area contributed by atoms with Crippen LogP contribution in [0, 0.1) is 6.57 Å². The molecular formula is C18H15NO2. The van der Waals surface area contributed by atoms with Crippen LogP contribution >= 0.6 is 0 Å². The van der Waals surface area contributed by atoms with Gasteiger partial charge in [0.2, 0.25) is 6.54 Å². The van der Waals surface area contributed by atoms with Crippen molar-refractivity contribution >= 4 is 17.1 Å². The fourth-order valence-corrected chi connectivity index (χ4v) is 2.16. The molecule has 0 saturated carbocycles. The molecule has 2 aromatic rings. The van der Waals surface area contributed by atoms with E-state index in [9.17, 15) is 4.79 Å². The third kappa shape index (κ3) is 3.37. The SMILES string of the molecule is [C-]#[N+]CC(=C(C(=O)OC)c1ccccc1)c1ccccc1. The number of carbonyl (C=O) groups excluding carboxylic acids is 1. The van der Waals surface area contributed by atoms with Crippen molar-refractivity contribution in [3.63, 3.8) is 0 Å². The van der Waals surface area contributed by atoms with Gasteiger partial charge in [-0.2, -0.15) is 0 Å². The second kappa shape index (κ2) is 7.06. The molecule has 0 fully saturated rings. The van der Waals surface area contributed by atoms with Crippen molar-refractivity contribution in [1.82, 2.24) is 0 Å². The van der Waals surface area contributed by atoms with E-state index >= 15 is 0 Å². The Morgan fingerprint density at radius 2 is 1.52 bits per heavy atom. The number of nitrogens with zero attached hydrogens (tertiary/aromatic N) is 1. The average Bonchev–Trinajstić information content (AvgIpc) is 2.56. The van der Waals surface area contributed by atoms with Gasteiger partial charge in [0.15, 0.2) is 0 Å². The van der Waals surface area contributed by atoms with Crippen LogP contribution in [0.15, 0.2) is 60.7 Å². The fraction of sp³-hybridized carbons (Fsp3) is 0.111. The van der Waals surface area contributed by atoms with Crippen molar-refractivity contribution in [1.29, 1.82) is 0 Å². The standard InChI is InChI=1S/C18H15NO2/c1-19-13-16(14-9-5-3-6-10-14)17(18(20)21-2)15-11-7-4-8-12-15/h3-12H,13H2,2H3. The van der Waals surface area contributed by atoms with E-state index in [4.69, 9.17) is 11.3 Å². The minimum absolute atomic E-state index is 0.128. The zero-order chi connectivity index (χ0) is 15.1. The maximum Gasteiger partial charge on any atom is 0.339 e. The Bertz CT molecular complexity index is 682. The summed E-state index contributed by atoms with van der Waals surface area (Å²) in [4.78, 5) is 15.7. The number of benzene rings is 2. The molecule has 2 aromatic carbocycles. The van der Waals surface area contributed by atoms with Crippen LogP contribution in [0.5, 0.6) is 0 Å². The van der Waals surface area contributed by atoms with Crippen molar-refractivity contribution < 1.29 is 9.53 Å². The highest BCUT2D eigenvalue weighted by molar-refractivity contribution is 6.24. The van der Waals surface area contributed by atoms with E-state index in [0.717, 1.165) is 11.1 Å². The molecule has 0 spiro atoms. The largest absolute Gasteiger partial charge is 0.465 e. The van der Waals surface area contributed by atoms with Crippen LogP contribution in [0.4, 0.5) is 0 Å². The second-order valence-corrected chi connectivity index (χ2v) is 4.39. The Morgan fingerprint density at radius 3 is 2.00 bits per heavy atom. The van der Waals surface area contributed by atoms with Gasteiger partial charge in [0.25, 0.3) is 0 Å². The van der Waals surface area contributed by atoms with E-state index in [1.165, 1.54) is 7.11 Å². The molecule has 0 saturated heterocycles. The molecule has 0 aliphatic rings. The highest BCUT2D eigenvalue weighted by atomic mass is 16.5. The molecule has 0 aliphatic heterocycles. The average molecular weight is 277 g/mol. The Kier molecular flexibility index (Phi) is 4.89. The van der Waals surface area contributed by atoms with Gasteiger partial charge in [0.05, 0.1) is 18.3 Å². The molecule has 3 nitrogen and oxygen atoms in total. The Hall–Kier alpha value is -2.86. The highest BCUT2D eigenvalue weighted by Crippen LogP contribution is 2.27. The first-order chi connectivity index (χ1) is 10.3. The highest BCUT2D eigenvalue weighted by Gasteiger charge is 2.21. The van der Waals surface area contributed by atoms with Crippen LogP contribution in [-0.2, 0) is 9.53 Å². The summed E-state index contributed by atoms with van der Waals surface area (Å²) in [6.45, 7) is 7.30. The van der Waals surface area contributed by atoms with Gasteiger partial charge >= 0.3 is 5.97 Å². The van der Waals surface area contributed by atoms with Crippen molar-refractivity contribution in [3.05, 3.63) is 83.2 Å². The van der Waals surface area contributed by atoms with Gasteiger partial charge in [0.1, 0.15) is 0 Å². The smallest absolute Gasteiger partial charge is 0.339 e. The summed E-state index contributed by atoms with van der Waals surface area (Å²) in [7, 11) is 1.35. The molecule has 0 aliphatic carbocycles. The summed E-state index contributed by atoms with van der Waals surface area (Å²) in [5.74, 6) is -0.427. The van der Waals surface area contributed by atoms with Crippen molar-refractivity contribution in [2.75, 3.05) is 13.7 Å². The molecule has 104 valence electrons. The normalized spacial score (nSPS) is 11.2. The summed E-state index contributed by atoms with van der Waals surface area (Å²) < 4.78 is 4.92. The summed E-state index contributed by atoms with van der Waals surface area (Å²) in [5.41, 5.74) is 2.74. The third-order valence-electron chi connectivity index (χ3n) is 3.11. The molecule has 0 radical (unpaired) electrons. The quantitative estimate of drug-likeness (QED) is 0.369. The molecule has 0 unspecified atom stereocenters. The van der Waals surface area contributed by atoms with Crippen LogP contribution in [0.25, 0.3) is 16.0 Å². The Morgan fingerprint density at radius 1 is 1.00 bits per heavy atom. The maximum atomic E-state index is 12.2. The van der Waals surface area contributed by atoms with Crippen LogP contribution in [0.3, 0.4) is 0 Å². The lowest BCUT2D eigenvalue weighted by molar-refractivity contribution is -0.133. The van der Waals surface area contributed by atoms with Gasteiger partial charge in [-0.25, -0.2) is 11.4 Å². The number of rotatable bonds is 4. The van der Waals surface area contributed by atoms with Crippen molar-refractivity contribution in [3.8, 4) is 0 Å². The Balaban J connectivity index is 2.69. The molecule has 0 amide bonds. The van der Waals surface area contributed by atoms with E-state index in [1.807, 2.05) is 60.7 Å². The zero-order valence-corrected chi connectivity index (χ0v) is 11.7. The van der Waals surface area contributed by atoms with Crippen LogP contribution in [0.1, 0.15) is 11.1 Å². The van der Waals surface area contributed by atoms with Gasteiger partial charge in [-0.05, 0) is 11.1 Å². The lowest BCUT2D eigenvalue weighted by Crippen LogP contribution is -2.08. The molecule has 0 aromatic heterocycles. The topological polar surface area (TPSA) is 30.7 Å². The van der Waals surface area contributed by atoms with E-state index < -0.39 is 5.97 Å². The minimum atomic E-state index is -0.427. The summed E-state index contributed by atoms with van der Waals surface area (Å²) in [6, 6.07) is 18.8. The van der Waals surface area contributed by atoms with E-state index in [0.29, 0.717) is 11.1 Å². The molecule has 0 heterocycles. The molecule has 0 atom stereocenters. The molecule has 0 bridgehead atoms. The number of esters is 1. The van der Waals surface area contributed by atoms with Crippen molar-refractivity contribution in [2.24, 2.45) is 0 Å². The summed E-state index contributed by atoms with van der Waals surface area (Å²) in [5, 5.41) is 0. The lowest BCUT2D eigenvalue weighted by Gasteiger charge is -2.11. The van der Waals surface area contributed by atoms with E-state index in [2.05, 4.69) is 4.85 Å². The minimum Gasteiger partial charge on any atom is -0.465 e. The van der Waals surface area contributed by atoms with Gasteiger partial charge in [0, 0.05) is 0 Å². The lowest BCUT2D eigenvalue weighted by atomic mass is 9.94. The van der Waals surface area contributed by atoms with Gasteiger partial charge in [-0.1, -0.05) is 60.7 Å². The van der Waals surface area contributed by atoms with Crippen LogP contribution in [0.2, 0.25) is 0 Å². The monoisotopic (exact) mass is 277 g/mol. The first-order valence-electron chi connectivity index (χ1n) is 6.53.